The molecule has 0 bridgehead atoms. The van der Waals surface area contributed by atoms with Gasteiger partial charge in [0.25, 0.3) is 0 Å². The summed E-state index contributed by atoms with van der Waals surface area (Å²) in [5.74, 6) is 0.491. The van der Waals surface area contributed by atoms with Gasteiger partial charge >= 0.3 is 0 Å². The molecule has 0 radical (unpaired) electrons. The van der Waals surface area contributed by atoms with E-state index in [9.17, 15) is 0 Å². The Labute approximate surface area is 133 Å². The molecule has 0 saturated heterocycles. The Morgan fingerprint density at radius 3 is 2.74 bits per heavy atom. The summed E-state index contributed by atoms with van der Waals surface area (Å²) >= 11 is 0. The zero-order valence-electron chi connectivity index (χ0n) is 12.9. The molecule has 114 valence electrons. The average Bonchev–Trinajstić information content (AvgIpc) is 2.94. The molecule has 0 spiro atoms. The van der Waals surface area contributed by atoms with Gasteiger partial charge in [0.05, 0.1) is 11.1 Å². The molecule has 0 atom stereocenters. The Kier molecular flexibility index (Phi) is 3.19. The Bertz CT molecular complexity index is 998. The average molecular weight is 303 g/mol. The normalized spacial score (nSPS) is 11.3. The maximum absolute atomic E-state index is 6.09. The van der Waals surface area contributed by atoms with Crippen LogP contribution in [0.2, 0.25) is 0 Å². The second-order valence-corrected chi connectivity index (χ2v) is 5.54. The largest absolute Gasteiger partial charge is 0.383 e. The zero-order chi connectivity index (χ0) is 15.8. The van der Waals surface area contributed by atoms with Gasteiger partial charge in [-0.05, 0) is 23.3 Å². The fraction of sp³-hybridized carbons (Fsp3) is 0.167. The first-order valence-electron chi connectivity index (χ1n) is 7.70. The van der Waals surface area contributed by atoms with Crippen molar-refractivity contribution in [2.45, 2.75) is 19.9 Å². The number of rotatable bonds is 3. The number of hydrogen-bond donors (Lipinski definition) is 1. The highest BCUT2D eigenvalue weighted by molar-refractivity contribution is 5.90. The van der Waals surface area contributed by atoms with Crippen LogP contribution in [0.25, 0.3) is 21.8 Å². The van der Waals surface area contributed by atoms with Crippen LogP contribution in [0.4, 0.5) is 5.82 Å². The van der Waals surface area contributed by atoms with Crippen molar-refractivity contribution >= 4 is 27.6 Å². The van der Waals surface area contributed by atoms with Crippen LogP contribution >= 0.6 is 0 Å². The number of nitrogens with two attached hydrogens (primary N) is 1. The van der Waals surface area contributed by atoms with Crippen LogP contribution in [0, 0.1) is 0 Å². The van der Waals surface area contributed by atoms with Gasteiger partial charge in [-0.2, -0.15) is 5.10 Å². The molecule has 2 N–H and O–H groups in total. The Balaban J connectivity index is 1.90. The predicted molar refractivity (Wildman–Crippen MR) is 92.2 cm³/mol. The third-order valence-electron chi connectivity index (χ3n) is 4.17. The molecule has 0 aliphatic rings. The fourth-order valence-corrected chi connectivity index (χ4v) is 3.08. The lowest BCUT2D eigenvalue weighted by Gasteiger charge is -2.05. The SMILES string of the molecule is CCn1nc(Cc2cccc3ccccc23)c2c(N)ncnc21. The summed E-state index contributed by atoms with van der Waals surface area (Å²) in [6, 6.07) is 14.7. The summed E-state index contributed by atoms with van der Waals surface area (Å²) in [5, 5.41) is 8.04. The van der Waals surface area contributed by atoms with Crippen LogP contribution in [0.1, 0.15) is 18.2 Å². The van der Waals surface area contributed by atoms with Gasteiger partial charge in [-0.3, -0.25) is 0 Å². The quantitative estimate of drug-likeness (QED) is 0.631. The van der Waals surface area contributed by atoms with E-state index in [4.69, 9.17) is 10.8 Å². The van der Waals surface area contributed by atoms with Crippen molar-refractivity contribution in [1.82, 2.24) is 19.7 Å². The van der Waals surface area contributed by atoms with Crippen LogP contribution in [-0.4, -0.2) is 19.7 Å². The molecule has 0 fully saturated rings. The van der Waals surface area contributed by atoms with Crippen molar-refractivity contribution in [3.05, 3.63) is 60.0 Å². The summed E-state index contributed by atoms with van der Waals surface area (Å²) in [6.45, 7) is 2.80. The molecule has 0 aliphatic heterocycles. The van der Waals surface area contributed by atoms with Crippen molar-refractivity contribution in [1.29, 1.82) is 0 Å². The Morgan fingerprint density at radius 2 is 1.87 bits per heavy atom. The fourth-order valence-electron chi connectivity index (χ4n) is 3.08. The molecule has 0 unspecified atom stereocenters. The number of nitrogen functional groups attached to an aromatic ring is 1. The maximum Gasteiger partial charge on any atom is 0.163 e. The molecule has 2 aromatic carbocycles. The molecule has 0 saturated carbocycles. The highest BCUT2D eigenvalue weighted by atomic mass is 15.3. The van der Waals surface area contributed by atoms with E-state index in [0.29, 0.717) is 12.2 Å². The number of aromatic nitrogens is 4. The van der Waals surface area contributed by atoms with Gasteiger partial charge in [-0.25, -0.2) is 14.6 Å². The van der Waals surface area contributed by atoms with Crippen LogP contribution in [0.3, 0.4) is 0 Å². The van der Waals surface area contributed by atoms with Gasteiger partial charge in [0.2, 0.25) is 0 Å². The molecule has 4 aromatic rings. The summed E-state index contributed by atoms with van der Waals surface area (Å²) < 4.78 is 1.88. The molecule has 5 heteroatoms. The van der Waals surface area contributed by atoms with E-state index in [1.165, 1.54) is 22.7 Å². The number of hydrogen-bond acceptors (Lipinski definition) is 4. The van der Waals surface area contributed by atoms with E-state index in [0.717, 1.165) is 23.3 Å². The smallest absolute Gasteiger partial charge is 0.163 e. The highest BCUT2D eigenvalue weighted by Crippen LogP contribution is 2.26. The van der Waals surface area contributed by atoms with Crippen molar-refractivity contribution < 1.29 is 0 Å². The predicted octanol–water partition coefficient (Wildman–Crippen LogP) is 3.17. The zero-order valence-corrected chi connectivity index (χ0v) is 12.9. The lowest BCUT2D eigenvalue weighted by Crippen LogP contribution is -1.99. The minimum absolute atomic E-state index is 0.491. The molecule has 4 rings (SSSR count). The van der Waals surface area contributed by atoms with E-state index < -0.39 is 0 Å². The molecule has 0 amide bonds. The van der Waals surface area contributed by atoms with Crippen LogP contribution in [0.15, 0.2) is 48.8 Å². The lowest BCUT2D eigenvalue weighted by molar-refractivity contribution is 0.665. The van der Waals surface area contributed by atoms with Gasteiger partial charge in [-0.1, -0.05) is 42.5 Å². The van der Waals surface area contributed by atoms with Crippen molar-refractivity contribution in [3.8, 4) is 0 Å². The Hall–Kier alpha value is -2.95. The molecule has 2 heterocycles. The summed E-state index contributed by atoms with van der Waals surface area (Å²) in [6.07, 6.45) is 2.20. The van der Waals surface area contributed by atoms with Crippen molar-refractivity contribution in [2.24, 2.45) is 0 Å². The third-order valence-corrected chi connectivity index (χ3v) is 4.17. The van der Waals surface area contributed by atoms with E-state index in [-0.39, 0.29) is 0 Å². The van der Waals surface area contributed by atoms with Gasteiger partial charge in [0.15, 0.2) is 5.65 Å². The minimum atomic E-state index is 0.491. The summed E-state index contributed by atoms with van der Waals surface area (Å²) in [5.41, 5.74) is 9.05. The van der Waals surface area contributed by atoms with Crippen LogP contribution < -0.4 is 5.73 Å². The topological polar surface area (TPSA) is 69.6 Å². The Morgan fingerprint density at radius 1 is 1.04 bits per heavy atom. The highest BCUT2D eigenvalue weighted by Gasteiger charge is 2.15. The van der Waals surface area contributed by atoms with Gasteiger partial charge < -0.3 is 5.73 Å². The van der Waals surface area contributed by atoms with Gasteiger partial charge in [0.1, 0.15) is 12.1 Å². The second kappa shape index (κ2) is 5.35. The summed E-state index contributed by atoms with van der Waals surface area (Å²) in [4.78, 5) is 8.48. The third kappa shape index (κ3) is 2.21. The molecule has 0 aliphatic carbocycles. The summed E-state index contributed by atoms with van der Waals surface area (Å²) in [7, 11) is 0. The van der Waals surface area contributed by atoms with Crippen molar-refractivity contribution in [2.75, 3.05) is 5.73 Å². The molecular weight excluding hydrogens is 286 g/mol. The maximum atomic E-state index is 6.09. The number of aryl methyl sites for hydroxylation is 1. The first kappa shape index (κ1) is 13.7. The van der Waals surface area contributed by atoms with Gasteiger partial charge in [0, 0.05) is 13.0 Å². The van der Waals surface area contributed by atoms with E-state index in [2.05, 4.69) is 52.4 Å². The van der Waals surface area contributed by atoms with Crippen LogP contribution in [-0.2, 0) is 13.0 Å². The number of fused-ring (bicyclic) bond motifs is 2. The van der Waals surface area contributed by atoms with Gasteiger partial charge in [-0.15, -0.1) is 0 Å². The first-order valence-corrected chi connectivity index (χ1v) is 7.70. The minimum Gasteiger partial charge on any atom is -0.383 e. The molecule has 23 heavy (non-hydrogen) atoms. The van der Waals surface area contributed by atoms with Crippen LogP contribution in [0.5, 0.6) is 0 Å². The van der Waals surface area contributed by atoms with E-state index >= 15 is 0 Å². The molecular formula is C18H17N5. The molecule has 5 nitrogen and oxygen atoms in total. The van der Waals surface area contributed by atoms with E-state index in [1.54, 1.807) is 0 Å². The first-order chi connectivity index (χ1) is 11.3. The lowest BCUT2D eigenvalue weighted by atomic mass is 10.0. The molecule has 2 aromatic heterocycles. The monoisotopic (exact) mass is 303 g/mol. The number of nitrogens with zero attached hydrogens (tertiary/aromatic N) is 4. The number of anilines is 1. The van der Waals surface area contributed by atoms with E-state index in [1.807, 2.05) is 11.6 Å². The number of benzene rings is 2. The van der Waals surface area contributed by atoms with Crippen molar-refractivity contribution in [3.63, 3.8) is 0 Å². The second-order valence-electron chi connectivity index (χ2n) is 5.54. The standard InChI is InChI=1S/C18H17N5/c1-2-23-18-16(17(19)20-11-21-18)15(22-23)10-13-8-5-7-12-6-3-4-9-14(12)13/h3-9,11H,2,10H2,1H3,(H2,19,20,21).